The van der Waals surface area contributed by atoms with Crippen molar-refractivity contribution in [1.29, 1.82) is 0 Å². The van der Waals surface area contributed by atoms with E-state index in [1.54, 1.807) is 6.07 Å². The number of rotatable bonds is 6. The highest BCUT2D eigenvalue weighted by atomic mass is 35.5. The van der Waals surface area contributed by atoms with E-state index in [2.05, 4.69) is 6.92 Å². The number of likely N-dealkylation sites (tertiary alicyclic amines) is 1. The lowest BCUT2D eigenvalue weighted by Gasteiger charge is -2.25. The summed E-state index contributed by atoms with van der Waals surface area (Å²) in [5.41, 5.74) is 0.688. The molecule has 1 aliphatic rings. The van der Waals surface area contributed by atoms with Gasteiger partial charge in [-0.1, -0.05) is 18.5 Å². The molecule has 0 spiro atoms. The Kier molecular flexibility index (Phi) is 5.49. The van der Waals surface area contributed by atoms with Crippen LogP contribution in [0.5, 0.6) is 0 Å². The quantitative estimate of drug-likeness (QED) is 0.877. The minimum Gasteiger partial charge on any atom is -0.396 e. The molecule has 1 amide bonds. The SMILES string of the molecule is CCCn1cc(Cl)cc1C(=O)N1CCCC1CCCO. The number of nitrogens with zero attached hydrogens (tertiary/aromatic N) is 2. The number of carbonyl (C=O) groups excluding carboxylic acids is 1. The first-order valence-corrected chi connectivity index (χ1v) is 7.82. The number of aromatic nitrogens is 1. The molecule has 1 fully saturated rings. The van der Waals surface area contributed by atoms with Gasteiger partial charge in [0.15, 0.2) is 0 Å². The van der Waals surface area contributed by atoms with Crippen LogP contribution in [-0.2, 0) is 6.54 Å². The van der Waals surface area contributed by atoms with Crippen LogP contribution in [0.2, 0.25) is 5.02 Å². The van der Waals surface area contributed by atoms with Gasteiger partial charge in [0.25, 0.3) is 5.91 Å². The van der Waals surface area contributed by atoms with E-state index in [0.29, 0.717) is 10.7 Å². The number of hydrogen-bond acceptors (Lipinski definition) is 2. The third kappa shape index (κ3) is 3.36. The zero-order chi connectivity index (χ0) is 14.5. The Morgan fingerprint density at radius 2 is 2.35 bits per heavy atom. The van der Waals surface area contributed by atoms with Crippen molar-refractivity contribution < 1.29 is 9.90 Å². The Labute approximate surface area is 125 Å². The first-order valence-electron chi connectivity index (χ1n) is 7.45. The smallest absolute Gasteiger partial charge is 0.270 e. The summed E-state index contributed by atoms with van der Waals surface area (Å²) < 4.78 is 1.95. The summed E-state index contributed by atoms with van der Waals surface area (Å²) in [4.78, 5) is 14.7. The van der Waals surface area contributed by atoms with Crippen molar-refractivity contribution in [3.05, 3.63) is 23.0 Å². The van der Waals surface area contributed by atoms with Gasteiger partial charge in [-0.15, -0.1) is 0 Å². The minimum atomic E-state index is 0.0748. The molecule has 1 N–H and O–H groups in total. The minimum absolute atomic E-state index is 0.0748. The molecule has 1 unspecified atom stereocenters. The summed E-state index contributed by atoms with van der Waals surface area (Å²) >= 11 is 6.05. The van der Waals surface area contributed by atoms with Gasteiger partial charge in [-0.05, 0) is 38.2 Å². The summed E-state index contributed by atoms with van der Waals surface area (Å²) in [7, 11) is 0. The molecule has 1 aromatic heterocycles. The molecule has 1 aromatic rings. The summed E-state index contributed by atoms with van der Waals surface area (Å²) in [6.07, 6.45) is 6.52. The van der Waals surface area contributed by atoms with Crippen LogP contribution in [0.3, 0.4) is 0 Å². The molecule has 112 valence electrons. The van der Waals surface area contributed by atoms with E-state index < -0.39 is 0 Å². The predicted octanol–water partition coefficient (Wildman–Crippen LogP) is 2.93. The summed E-state index contributed by atoms with van der Waals surface area (Å²) in [6.45, 7) is 3.89. The van der Waals surface area contributed by atoms with Crippen molar-refractivity contribution in [3.63, 3.8) is 0 Å². The Hall–Kier alpha value is -1.00. The fraction of sp³-hybridized carbons (Fsp3) is 0.667. The second-order valence-corrected chi connectivity index (χ2v) is 5.83. The highest BCUT2D eigenvalue weighted by Gasteiger charge is 2.30. The van der Waals surface area contributed by atoms with Crippen LogP contribution >= 0.6 is 11.6 Å². The lowest BCUT2D eigenvalue weighted by molar-refractivity contribution is 0.0713. The molecular weight excluding hydrogens is 276 g/mol. The Morgan fingerprint density at radius 3 is 3.05 bits per heavy atom. The largest absolute Gasteiger partial charge is 0.396 e. The number of hydrogen-bond donors (Lipinski definition) is 1. The maximum absolute atomic E-state index is 12.7. The van der Waals surface area contributed by atoms with Crippen molar-refractivity contribution in [2.75, 3.05) is 13.2 Å². The van der Waals surface area contributed by atoms with Crippen molar-refractivity contribution in [1.82, 2.24) is 9.47 Å². The van der Waals surface area contributed by atoms with Crippen LogP contribution in [0.25, 0.3) is 0 Å². The van der Waals surface area contributed by atoms with E-state index in [9.17, 15) is 4.79 Å². The van der Waals surface area contributed by atoms with Crippen LogP contribution in [0, 0.1) is 0 Å². The normalized spacial score (nSPS) is 18.8. The molecule has 0 bridgehead atoms. The maximum atomic E-state index is 12.7. The van der Waals surface area contributed by atoms with Gasteiger partial charge < -0.3 is 14.6 Å². The van der Waals surface area contributed by atoms with Crippen LogP contribution in [-0.4, -0.2) is 39.7 Å². The van der Waals surface area contributed by atoms with E-state index in [1.165, 1.54) is 0 Å². The fourth-order valence-electron chi connectivity index (χ4n) is 2.96. The molecule has 5 heteroatoms. The highest BCUT2D eigenvalue weighted by molar-refractivity contribution is 6.31. The van der Waals surface area contributed by atoms with Gasteiger partial charge in [-0.25, -0.2) is 0 Å². The lowest BCUT2D eigenvalue weighted by atomic mass is 10.1. The molecule has 2 rings (SSSR count). The zero-order valence-electron chi connectivity index (χ0n) is 12.0. The predicted molar refractivity (Wildman–Crippen MR) is 80.1 cm³/mol. The molecule has 0 radical (unpaired) electrons. The monoisotopic (exact) mass is 298 g/mol. The average molecular weight is 299 g/mol. The second kappa shape index (κ2) is 7.14. The van der Waals surface area contributed by atoms with E-state index in [1.807, 2.05) is 15.7 Å². The molecule has 20 heavy (non-hydrogen) atoms. The highest BCUT2D eigenvalue weighted by Crippen LogP contribution is 2.25. The third-order valence-electron chi connectivity index (χ3n) is 3.88. The Balaban J connectivity index is 2.13. The number of amides is 1. The lowest BCUT2D eigenvalue weighted by Crippen LogP contribution is -2.36. The summed E-state index contributed by atoms with van der Waals surface area (Å²) in [5, 5.41) is 9.58. The van der Waals surface area contributed by atoms with Gasteiger partial charge in [0.1, 0.15) is 5.69 Å². The van der Waals surface area contributed by atoms with Gasteiger partial charge in [-0.2, -0.15) is 0 Å². The molecule has 0 saturated carbocycles. The van der Waals surface area contributed by atoms with Crippen molar-refractivity contribution in [3.8, 4) is 0 Å². The Morgan fingerprint density at radius 1 is 1.55 bits per heavy atom. The van der Waals surface area contributed by atoms with E-state index >= 15 is 0 Å². The van der Waals surface area contributed by atoms with Crippen LogP contribution in [0.15, 0.2) is 12.3 Å². The van der Waals surface area contributed by atoms with E-state index in [4.69, 9.17) is 16.7 Å². The molecule has 0 aromatic carbocycles. The molecule has 1 saturated heterocycles. The van der Waals surface area contributed by atoms with Gasteiger partial charge in [0.2, 0.25) is 0 Å². The molecule has 1 atom stereocenters. The first-order chi connectivity index (χ1) is 9.67. The van der Waals surface area contributed by atoms with Crippen molar-refractivity contribution >= 4 is 17.5 Å². The summed E-state index contributed by atoms with van der Waals surface area (Å²) in [6, 6.07) is 2.03. The second-order valence-electron chi connectivity index (χ2n) is 5.40. The number of aryl methyl sites for hydroxylation is 1. The zero-order valence-corrected chi connectivity index (χ0v) is 12.8. The van der Waals surface area contributed by atoms with Crippen LogP contribution in [0.1, 0.15) is 49.5 Å². The molecule has 2 heterocycles. The maximum Gasteiger partial charge on any atom is 0.270 e. The molecule has 1 aliphatic heterocycles. The number of aliphatic hydroxyl groups is 1. The van der Waals surface area contributed by atoms with Crippen molar-refractivity contribution in [2.45, 2.75) is 51.6 Å². The standard InChI is InChI=1S/C15H23ClN2O2/c1-2-7-17-11-12(16)10-14(17)15(20)18-8-3-5-13(18)6-4-9-19/h10-11,13,19H,2-9H2,1H3. The van der Waals surface area contributed by atoms with E-state index in [0.717, 1.165) is 45.2 Å². The third-order valence-corrected chi connectivity index (χ3v) is 4.09. The number of carbonyl (C=O) groups is 1. The molecule has 4 nitrogen and oxygen atoms in total. The fourth-order valence-corrected chi connectivity index (χ4v) is 3.18. The molecule has 0 aliphatic carbocycles. The van der Waals surface area contributed by atoms with Gasteiger partial charge in [-0.3, -0.25) is 4.79 Å². The Bertz CT molecular complexity index is 459. The number of aliphatic hydroxyl groups excluding tert-OH is 1. The van der Waals surface area contributed by atoms with E-state index in [-0.39, 0.29) is 18.6 Å². The topological polar surface area (TPSA) is 45.5 Å². The van der Waals surface area contributed by atoms with Gasteiger partial charge in [0, 0.05) is 31.9 Å². The van der Waals surface area contributed by atoms with Crippen LogP contribution < -0.4 is 0 Å². The van der Waals surface area contributed by atoms with Crippen molar-refractivity contribution in [2.24, 2.45) is 0 Å². The average Bonchev–Trinajstić information content (AvgIpc) is 3.02. The van der Waals surface area contributed by atoms with Gasteiger partial charge >= 0.3 is 0 Å². The van der Waals surface area contributed by atoms with Gasteiger partial charge in [0.05, 0.1) is 5.02 Å². The first kappa shape index (κ1) is 15.4. The molecular formula is C15H23ClN2O2. The summed E-state index contributed by atoms with van der Waals surface area (Å²) in [5.74, 6) is 0.0748. The number of halogens is 1. The van der Waals surface area contributed by atoms with Crippen LogP contribution in [0.4, 0.5) is 0 Å².